The zero-order chi connectivity index (χ0) is 10.7. The third-order valence-corrected chi connectivity index (χ3v) is 2.63. The summed E-state index contributed by atoms with van der Waals surface area (Å²) in [6, 6.07) is 0. The van der Waals surface area contributed by atoms with Crippen molar-refractivity contribution < 1.29 is 19.3 Å². The molecule has 1 rings (SSSR count). The molecule has 0 spiro atoms. The Morgan fingerprint density at radius 2 is 2.14 bits per heavy atom. The van der Waals surface area contributed by atoms with Crippen molar-refractivity contribution in [1.29, 1.82) is 0 Å². The van der Waals surface area contributed by atoms with Crippen LogP contribution in [0.15, 0.2) is 0 Å². The van der Waals surface area contributed by atoms with Crippen LogP contribution in [0.5, 0.6) is 0 Å². The molecular weight excluding hydrogens is 183 g/mol. The van der Waals surface area contributed by atoms with Crippen LogP contribution < -0.4 is 0 Å². The molecule has 82 valence electrons. The molecule has 0 aromatic carbocycles. The fourth-order valence-corrected chi connectivity index (χ4v) is 1.88. The molecule has 1 aliphatic heterocycles. The Morgan fingerprint density at radius 1 is 1.50 bits per heavy atom. The fraction of sp³-hybridized carbons (Fsp3) is 1.00. The maximum absolute atomic E-state index is 9.87. The molecule has 0 bridgehead atoms. The van der Waals surface area contributed by atoms with Crippen molar-refractivity contribution >= 4 is 7.85 Å². The second-order valence-electron chi connectivity index (χ2n) is 4.03. The molecule has 1 N–H and O–H groups in total. The Kier molecular flexibility index (Phi) is 4.38. The molecule has 0 aromatic rings. The van der Waals surface area contributed by atoms with Gasteiger partial charge in [-0.25, -0.2) is 0 Å². The third-order valence-electron chi connectivity index (χ3n) is 2.63. The lowest BCUT2D eigenvalue weighted by atomic mass is 9.82. The maximum Gasteiger partial charge on any atom is 0.111 e. The van der Waals surface area contributed by atoms with Gasteiger partial charge in [0, 0.05) is 14.2 Å². The monoisotopic (exact) mass is 202 g/mol. The van der Waals surface area contributed by atoms with E-state index in [2.05, 4.69) is 14.8 Å². The number of hydrogen-bond acceptors (Lipinski definition) is 4. The number of rotatable bonds is 4. The summed E-state index contributed by atoms with van der Waals surface area (Å²) in [6.45, 7) is 2.46. The molecule has 5 atom stereocenters. The zero-order valence-corrected chi connectivity index (χ0v) is 9.27. The van der Waals surface area contributed by atoms with Crippen molar-refractivity contribution in [3.05, 3.63) is 0 Å². The molecule has 0 amide bonds. The van der Waals surface area contributed by atoms with E-state index in [0.29, 0.717) is 12.4 Å². The van der Waals surface area contributed by atoms with E-state index in [4.69, 9.17) is 14.2 Å². The standard InChI is InChI=1S/C9H19BO4/c1-5(10)8-9(13-3)7(11)6(14-8)4-12-2/h5-9,11H,4,10H2,1-3H3/t5-,6?,7-,8?,9?/m1/s1. The average Bonchev–Trinajstić information content (AvgIpc) is 2.44. The van der Waals surface area contributed by atoms with E-state index in [-0.39, 0.29) is 18.3 Å². The molecule has 1 saturated heterocycles. The predicted octanol–water partition coefficient (Wildman–Crippen LogP) is -0.782. The van der Waals surface area contributed by atoms with Crippen molar-refractivity contribution in [2.45, 2.75) is 37.2 Å². The number of ether oxygens (including phenoxy) is 3. The van der Waals surface area contributed by atoms with Gasteiger partial charge in [0.2, 0.25) is 0 Å². The number of aliphatic hydroxyl groups is 1. The van der Waals surface area contributed by atoms with E-state index in [1.165, 1.54) is 0 Å². The third kappa shape index (κ3) is 2.28. The lowest BCUT2D eigenvalue weighted by Gasteiger charge is -2.21. The van der Waals surface area contributed by atoms with Crippen LogP contribution in [0.1, 0.15) is 6.92 Å². The van der Waals surface area contributed by atoms with Crippen LogP contribution in [-0.2, 0) is 14.2 Å². The Bertz CT molecular complexity index is 176. The number of methoxy groups -OCH3 is 2. The molecule has 0 radical (unpaired) electrons. The molecule has 3 unspecified atom stereocenters. The molecule has 14 heavy (non-hydrogen) atoms. The molecule has 5 heteroatoms. The summed E-state index contributed by atoms with van der Waals surface area (Å²) < 4.78 is 15.9. The van der Waals surface area contributed by atoms with Gasteiger partial charge in [0.1, 0.15) is 26.2 Å². The van der Waals surface area contributed by atoms with Crippen LogP contribution in [-0.4, -0.2) is 58.2 Å². The van der Waals surface area contributed by atoms with Crippen molar-refractivity contribution in [2.24, 2.45) is 0 Å². The lowest BCUT2D eigenvalue weighted by Crippen LogP contribution is -2.36. The summed E-state index contributed by atoms with van der Waals surface area (Å²) in [7, 11) is 5.25. The summed E-state index contributed by atoms with van der Waals surface area (Å²) in [6.07, 6.45) is -1.14. The van der Waals surface area contributed by atoms with E-state index in [1.54, 1.807) is 14.2 Å². The summed E-state index contributed by atoms with van der Waals surface area (Å²) in [5.41, 5.74) is 0. The summed E-state index contributed by atoms with van der Waals surface area (Å²) in [4.78, 5) is 0. The molecule has 1 aliphatic rings. The predicted molar refractivity (Wildman–Crippen MR) is 55.3 cm³/mol. The fourth-order valence-electron chi connectivity index (χ4n) is 1.88. The van der Waals surface area contributed by atoms with E-state index in [1.807, 2.05) is 0 Å². The van der Waals surface area contributed by atoms with Crippen LogP contribution in [0.2, 0.25) is 5.82 Å². The number of hydrogen-bond donors (Lipinski definition) is 1. The average molecular weight is 202 g/mol. The minimum Gasteiger partial charge on any atom is -0.387 e. The second kappa shape index (κ2) is 5.12. The quantitative estimate of drug-likeness (QED) is 0.607. The van der Waals surface area contributed by atoms with Gasteiger partial charge in [0.25, 0.3) is 0 Å². The van der Waals surface area contributed by atoms with Gasteiger partial charge in [0.05, 0.1) is 12.7 Å². The second-order valence-corrected chi connectivity index (χ2v) is 4.03. The van der Waals surface area contributed by atoms with Gasteiger partial charge >= 0.3 is 0 Å². The first-order valence-electron chi connectivity index (χ1n) is 4.97. The van der Waals surface area contributed by atoms with E-state index >= 15 is 0 Å². The Morgan fingerprint density at radius 3 is 2.50 bits per heavy atom. The Labute approximate surface area is 85.9 Å². The van der Waals surface area contributed by atoms with E-state index in [9.17, 15) is 5.11 Å². The Balaban J connectivity index is 2.63. The zero-order valence-electron chi connectivity index (χ0n) is 9.27. The van der Waals surface area contributed by atoms with Gasteiger partial charge in [-0.05, 0) is 5.82 Å². The maximum atomic E-state index is 9.87. The summed E-state index contributed by atoms with van der Waals surface area (Å²) in [5, 5.41) is 9.87. The Hall–Kier alpha value is -0.0951. The number of aliphatic hydroxyl groups excluding tert-OH is 1. The highest BCUT2D eigenvalue weighted by atomic mass is 16.6. The molecule has 0 saturated carbocycles. The van der Waals surface area contributed by atoms with Gasteiger partial charge in [-0.2, -0.15) is 0 Å². The van der Waals surface area contributed by atoms with Crippen LogP contribution in [0.25, 0.3) is 0 Å². The van der Waals surface area contributed by atoms with Gasteiger partial charge in [-0.15, -0.1) is 0 Å². The molecule has 1 heterocycles. The van der Waals surface area contributed by atoms with Gasteiger partial charge < -0.3 is 19.3 Å². The first-order valence-corrected chi connectivity index (χ1v) is 4.97. The van der Waals surface area contributed by atoms with Crippen LogP contribution in [0.3, 0.4) is 0 Å². The van der Waals surface area contributed by atoms with Crippen molar-refractivity contribution in [3.8, 4) is 0 Å². The van der Waals surface area contributed by atoms with Crippen LogP contribution >= 0.6 is 0 Å². The minimum atomic E-state index is -0.590. The highest BCUT2D eigenvalue weighted by molar-refractivity contribution is 6.11. The first-order chi connectivity index (χ1) is 6.61. The molecule has 4 nitrogen and oxygen atoms in total. The highest BCUT2D eigenvalue weighted by Gasteiger charge is 2.44. The minimum absolute atomic E-state index is 0.0462. The molecular formula is C9H19BO4. The topological polar surface area (TPSA) is 47.9 Å². The summed E-state index contributed by atoms with van der Waals surface area (Å²) >= 11 is 0. The van der Waals surface area contributed by atoms with Crippen molar-refractivity contribution in [2.75, 3.05) is 20.8 Å². The van der Waals surface area contributed by atoms with Gasteiger partial charge in [-0.1, -0.05) is 6.92 Å². The summed E-state index contributed by atoms with van der Waals surface area (Å²) in [5.74, 6) is 0.330. The van der Waals surface area contributed by atoms with Crippen LogP contribution in [0, 0.1) is 0 Å². The van der Waals surface area contributed by atoms with E-state index < -0.39 is 6.10 Å². The van der Waals surface area contributed by atoms with E-state index in [0.717, 1.165) is 0 Å². The highest BCUT2D eigenvalue weighted by Crippen LogP contribution is 2.29. The first kappa shape index (κ1) is 12.0. The van der Waals surface area contributed by atoms with Gasteiger partial charge in [-0.3, -0.25) is 0 Å². The molecule has 1 fully saturated rings. The lowest BCUT2D eigenvalue weighted by molar-refractivity contribution is -0.0334. The smallest absolute Gasteiger partial charge is 0.111 e. The largest absolute Gasteiger partial charge is 0.387 e. The molecule has 0 aliphatic carbocycles. The molecule has 0 aromatic heterocycles. The normalized spacial score (nSPS) is 40.0. The SMILES string of the molecule is B[C@H](C)C1OC(COC)[C@@H](O)C1OC. The van der Waals surface area contributed by atoms with Gasteiger partial charge in [0.15, 0.2) is 0 Å². The van der Waals surface area contributed by atoms with Crippen molar-refractivity contribution in [3.63, 3.8) is 0 Å². The van der Waals surface area contributed by atoms with Crippen LogP contribution in [0.4, 0.5) is 0 Å². The van der Waals surface area contributed by atoms with Crippen molar-refractivity contribution in [1.82, 2.24) is 0 Å².